The Morgan fingerprint density at radius 1 is 1.13 bits per heavy atom. The second kappa shape index (κ2) is 6.65. The first-order valence-corrected chi connectivity index (χ1v) is 7.85. The van der Waals surface area contributed by atoms with Crippen LogP contribution in [0.1, 0.15) is 17.5 Å². The molecule has 2 aromatic rings. The summed E-state index contributed by atoms with van der Waals surface area (Å²) < 4.78 is 0. The Morgan fingerprint density at radius 3 is 2.52 bits per heavy atom. The molecule has 3 rings (SSSR count). The molecule has 1 heterocycles. The van der Waals surface area contributed by atoms with Gasteiger partial charge in [0, 0.05) is 18.8 Å². The van der Waals surface area contributed by atoms with Crippen molar-refractivity contribution in [3.05, 3.63) is 65.7 Å². The van der Waals surface area contributed by atoms with Crippen LogP contribution in [0, 0.1) is 12.8 Å². The third kappa shape index (κ3) is 3.42. The maximum atomic E-state index is 12.5. The zero-order valence-electron chi connectivity index (χ0n) is 13.2. The smallest absolute Gasteiger partial charge is 0.239 e. The van der Waals surface area contributed by atoms with Gasteiger partial charge in [-0.05, 0) is 31.0 Å². The second-order valence-electron chi connectivity index (χ2n) is 5.87. The van der Waals surface area contributed by atoms with Crippen LogP contribution in [0.3, 0.4) is 0 Å². The van der Waals surface area contributed by atoms with Gasteiger partial charge in [-0.2, -0.15) is 0 Å². The Hall–Kier alpha value is -2.62. The molecule has 2 aromatic carbocycles. The minimum absolute atomic E-state index is 0.113. The predicted molar refractivity (Wildman–Crippen MR) is 89.9 cm³/mol. The minimum Gasteiger partial charge on any atom is -0.351 e. The van der Waals surface area contributed by atoms with Gasteiger partial charge in [0.15, 0.2) is 0 Å². The summed E-state index contributed by atoms with van der Waals surface area (Å²) in [5, 5.41) is 2.88. The van der Waals surface area contributed by atoms with Gasteiger partial charge < -0.3 is 10.2 Å². The van der Waals surface area contributed by atoms with Crippen LogP contribution in [0.15, 0.2) is 54.6 Å². The fraction of sp³-hybridized carbons (Fsp3) is 0.263. The van der Waals surface area contributed by atoms with Crippen molar-refractivity contribution in [1.29, 1.82) is 0 Å². The summed E-state index contributed by atoms with van der Waals surface area (Å²) in [4.78, 5) is 26.5. The van der Waals surface area contributed by atoms with Gasteiger partial charge in [0.05, 0.1) is 0 Å². The molecule has 1 unspecified atom stereocenters. The standard InChI is InChI=1S/C19H20N2O2/c1-14-7-9-15(10-8-14)13-20-18(22)17-11-12-21(19(17)23)16-5-3-2-4-6-16/h2-10,17H,11-13H2,1H3,(H,20,22). The number of nitrogens with one attached hydrogen (secondary N) is 1. The topological polar surface area (TPSA) is 49.4 Å². The molecular formula is C19H20N2O2. The Balaban J connectivity index is 1.60. The van der Waals surface area contributed by atoms with E-state index < -0.39 is 5.92 Å². The van der Waals surface area contributed by atoms with Crippen LogP contribution in [0.5, 0.6) is 0 Å². The number of nitrogens with zero attached hydrogens (tertiary/aromatic N) is 1. The predicted octanol–water partition coefficient (Wildman–Crippen LogP) is 2.66. The van der Waals surface area contributed by atoms with Gasteiger partial charge in [-0.3, -0.25) is 9.59 Å². The lowest BCUT2D eigenvalue weighted by Gasteiger charge is -2.16. The van der Waals surface area contributed by atoms with Gasteiger partial charge in [0.1, 0.15) is 5.92 Å². The van der Waals surface area contributed by atoms with Gasteiger partial charge in [0.25, 0.3) is 0 Å². The SMILES string of the molecule is Cc1ccc(CNC(=O)C2CCN(c3ccccc3)C2=O)cc1. The Kier molecular flexibility index (Phi) is 4.42. The van der Waals surface area contributed by atoms with Crippen LogP contribution in [-0.2, 0) is 16.1 Å². The van der Waals surface area contributed by atoms with E-state index in [4.69, 9.17) is 0 Å². The van der Waals surface area contributed by atoms with Gasteiger partial charge in [-0.25, -0.2) is 0 Å². The zero-order chi connectivity index (χ0) is 16.2. The second-order valence-corrected chi connectivity index (χ2v) is 5.87. The number of carbonyl (C=O) groups is 2. The maximum absolute atomic E-state index is 12.5. The van der Waals surface area contributed by atoms with E-state index in [1.807, 2.05) is 61.5 Å². The molecule has 1 aliphatic heterocycles. The number of anilines is 1. The van der Waals surface area contributed by atoms with Crippen molar-refractivity contribution in [2.45, 2.75) is 19.9 Å². The lowest BCUT2D eigenvalue weighted by atomic mass is 10.1. The van der Waals surface area contributed by atoms with Crippen molar-refractivity contribution in [1.82, 2.24) is 5.32 Å². The van der Waals surface area contributed by atoms with Crippen molar-refractivity contribution in [2.24, 2.45) is 5.92 Å². The number of amides is 2. The maximum Gasteiger partial charge on any atom is 0.239 e. The molecular weight excluding hydrogens is 288 g/mol. The molecule has 0 aliphatic carbocycles. The molecule has 1 aliphatic rings. The summed E-state index contributed by atoms with van der Waals surface area (Å²) >= 11 is 0. The molecule has 0 aromatic heterocycles. The van der Waals surface area contributed by atoms with E-state index in [0.717, 1.165) is 11.3 Å². The summed E-state index contributed by atoms with van der Waals surface area (Å²) in [6.07, 6.45) is 0.563. The molecule has 4 heteroatoms. The molecule has 0 bridgehead atoms. The molecule has 2 amide bonds. The fourth-order valence-electron chi connectivity index (χ4n) is 2.81. The van der Waals surface area contributed by atoms with Crippen LogP contribution in [-0.4, -0.2) is 18.4 Å². The van der Waals surface area contributed by atoms with E-state index in [2.05, 4.69) is 5.32 Å². The van der Waals surface area contributed by atoms with Gasteiger partial charge in [-0.1, -0.05) is 48.0 Å². The minimum atomic E-state index is -0.583. The quantitative estimate of drug-likeness (QED) is 0.883. The van der Waals surface area contributed by atoms with Crippen LogP contribution in [0.2, 0.25) is 0 Å². The monoisotopic (exact) mass is 308 g/mol. The number of aryl methyl sites for hydroxylation is 1. The summed E-state index contributed by atoms with van der Waals surface area (Å²) in [6.45, 7) is 3.07. The molecule has 118 valence electrons. The molecule has 0 radical (unpaired) electrons. The summed E-state index contributed by atoms with van der Waals surface area (Å²) in [5.41, 5.74) is 3.07. The average molecular weight is 308 g/mol. The molecule has 0 saturated carbocycles. The number of hydrogen-bond acceptors (Lipinski definition) is 2. The van der Waals surface area contributed by atoms with Crippen LogP contribution in [0.4, 0.5) is 5.69 Å². The lowest BCUT2D eigenvalue weighted by molar-refractivity contribution is -0.132. The van der Waals surface area contributed by atoms with Crippen LogP contribution >= 0.6 is 0 Å². The first-order chi connectivity index (χ1) is 11.1. The number of benzene rings is 2. The number of hydrogen-bond donors (Lipinski definition) is 1. The third-order valence-electron chi connectivity index (χ3n) is 4.18. The lowest BCUT2D eigenvalue weighted by Crippen LogP contribution is -2.36. The van der Waals surface area contributed by atoms with Crippen molar-refractivity contribution in [3.8, 4) is 0 Å². The van der Waals surface area contributed by atoms with E-state index in [0.29, 0.717) is 19.5 Å². The fourth-order valence-corrected chi connectivity index (χ4v) is 2.81. The zero-order valence-corrected chi connectivity index (χ0v) is 13.2. The summed E-state index contributed by atoms with van der Waals surface area (Å²) in [5.74, 6) is -0.882. The highest BCUT2D eigenvalue weighted by molar-refractivity contribution is 6.09. The normalized spacial score (nSPS) is 17.3. The molecule has 0 spiro atoms. The van der Waals surface area contributed by atoms with Crippen LogP contribution in [0.25, 0.3) is 0 Å². The average Bonchev–Trinajstić information content (AvgIpc) is 2.96. The van der Waals surface area contributed by atoms with Crippen molar-refractivity contribution in [2.75, 3.05) is 11.4 Å². The van der Waals surface area contributed by atoms with E-state index in [1.54, 1.807) is 4.90 Å². The van der Waals surface area contributed by atoms with Crippen molar-refractivity contribution in [3.63, 3.8) is 0 Å². The Morgan fingerprint density at radius 2 is 1.83 bits per heavy atom. The molecule has 23 heavy (non-hydrogen) atoms. The van der Waals surface area contributed by atoms with Crippen molar-refractivity contribution >= 4 is 17.5 Å². The van der Waals surface area contributed by atoms with Crippen molar-refractivity contribution < 1.29 is 9.59 Å². The molecule has 1 N–H and O–H groups in total. The number of rotatable bonds is 4. The summed E-state index contributed by atoms with van der Waals surface area (Å²) in [6, 6.07) is 17.5. The first kappa shape index (κ1) is 15.3. The number of para-hydroxylation sites is 1. The van der Waals surface area contributed by atoms with E-state index in [1.165, 1.54) is 5.56 Å². The van der Waals surface area contributed by atoms with E-state index in [-0.39, 0.29) is 11.8 Å². The highest BCUT2D eigenvalue weighted by Gasteiger charge is 2.37. The highest BCUT2D eigenvalue weighted by atomic mass is 16.2. The molecule has 1 fully saturated rings. The van der Waals surface area contributed by atoms with Gasteiger partial charge >= 0.3 is 0 Å². The first-order valence-electron chi connectivity index (χ1n) is 7.85. The van der Waals surface area contributed by atoms with Gasteiger partial charge in [0.2, 0.25) is 11.8 Å². The largest absolute Gasteiger partial charge is 0.351 e. The van der Waals surface area contributed by atoms with Gasteiger partial charge in [-0.15, -0.1) is 0 Å². The van der Waals surface area contributed by atoms with E-state index in [9.17, 15) is 9.59 Å². The number of carbonyl (C=O) groups excluding carboxylic acids is 2. The molecule has 4 nitrogen and oxygen atoms in total. The van der Waals surface area contributed by atoms with E-state index >= 15 is 0 Å². The van der Waals surface area contributed by atoms with Crippen LogP contribution < -0.4 is 10.2 Å². The Labute approximate surface area is 136 Å². The Bertz CT molecular complexity index is 695. The third-order valence-corrected chi connectivity index (χ3v) is 4.18. The molecule has 1 atom stereocenters. The summed E-state index contributed by atoms with van der Waals surface area (Å²) in [7, 11) is 0. The molecule has 1 saturated heterocycles. The highest BCUT2D eigenvalue weighted by Crippen LogP contribution is 2.25.